The van der Waals surface area contributed by atoms with E-state index in [0.29, 0.717) is 12.1 Å². The number of rotatable bonds is 3. The highest BCUT2D eigenvalue weighted by Gasteiger charge is 2.37. The third kappa shape index (κ3) is 2.65. The van der Waals surface area contributed by atoms with E-state index in [1.807, 2.05) is 19.1 Å². The van der Waals surface area contributed by atoms with E-state index < -0.39 is 16.0 Å². The average Bonchev–Trinajstić information content (AvgIpc) is 2.90. The van der Waals surface area contributed by atoms with Crippen molar-refractivity contribution in [3.05, 3.63) is 58.6 Å². The molecule has 5 nitrogen and oxygen atoms in total. The van der Waals surface area contributed by atoms with Crippen molar-refractivity contribution in [3.8, 4) is 0 Å². The van der Waals surface area contributed by atoms with Crippen molar-refractivity contribution in [1.82, 2.24) is 0 Å². The fraction of sp³-hybridized carbons (Fsp3) is 0.235. The molecule has 2 aromatic rings. The zero-order valence-electron chi connectivity index (χ0n) is 13.2. The van der Waals surface area contributed by atoms with E-state index in [9.17, 15) is 13.2 Å². The Balaban J connectivity index is 2.14. The summed E-state index contributed by atoms with van der Waals surface area (Å²) in [7, 11) is -2.66. The number of carbonyl (C=O) groups is 1. The molecule has 1 heterocycles. The third-order valence-corrected chi connectivity index (χ3v) is 6.44. The first-order valence-corrected chi connectivity index (χ1v) is 9.18. The summed E-state index contributed by atoms with van der Waals surface area (Å²) in [5, 5.41) is 0.0687. The van der Waals surface area contributed by atoms with Gasteiger partial charge >= 0.3 is 5.97 Å². The van der Waals surface area contributed by atoms with E-state index in [0.717, 1.165) is 5.56 Å². The summed E-state index contributed by atoms with van der Waals surface area (Å²) < 4.78 is 32.4. The monoisotopic (exact) mass is 365 g/mol. The fourth-order valence-electron chi connectivity index (χ4n) is 2.96. The number of hydrogen-bond acceptors (Lipinski definition) is 4. The number of hydrogen-bond donors (Lipinski definition) is 0. The minimum absolute atomic E-state index is 0.0687. The molecule has 1 aliphatic heterocycles. The van der Waals surface area contributed by atoms with Crippen LogP contribution in [0.2, 0.25) is 5.02 Å². The summed E-state index contributed by atoms with van der Waals surface area (Å²) in [4.78, 5) is 11.6. The molecule has 24 heavy (non-hydrogen) atoms. The summed E-state index contributed by atoms with van der Waals surface area (Å²) in [5.74, 6) is -0.613. The van der Waals surface area contributed by atoms with Crippen LogP contribution in [-0.4, -0.2) is 27.5 Å². The van der Waals surface area contributed by atoms with Crippen molar-refractivity contribution in [3.63, 3.8) is 0 Å². The van der Waals surface area contributed by atoms with Crippen LogP contribution in [0.4, 0.5) is 5.69 Å². The number of para-hydroxylation sites is 1. The van der Waals surface area contributed by atoms with Crippen LogP contribution in [0, 0.1) is 0 Å². The van der Waals surface area contributed by atoms with Gasteiger partial charge in [0.05, 0.1) is 23.4 Å². The topological polar surface area (TPSA) is 63.7 Å². The van der Waals surface area contributed by atoms with Gasteiger partial charge in [0.15, 0.2) is 0 Å². The number of nitrogens with zero attached hydrogens (tertiary/aromatic N) is 1. The molecule has 3 rings (SSSR count). The Hall–Kier alpha value is -2.05. The molecule has 0 bridgehead atoms. The van der Waals surface area contributed by atoms with Gasteiger partial charge < -0.3 is 4.74 Å². The van der Waals surface area contributed by atoms with Gasteiger partial charge in [-0.2, -0.15) is 0 Å². The second kappa shape index (κ2) is 6.11. The molecule has 2 aromatic carbocycles. The largest absolute Gasteiger partial charge is 0.465 e. The Kier molecular flexibility index (Phi) is 4.27. The number of methoxy groups -OCH3 is 1. The number of ether oxygens (including phenoxy) is 1. The summed E-state index contributed by atoms with van der Waals surface area (Å²) in [6.45, 7) is 1.84. The predicted octanol–water partition coefficient (Wildman–Crippen LogP) is 3.27. The zero-order valence-corrected chi connectivity index (χ0v) is 14.8. The summed E-state index contributed by atoms with van der Waals surface area (Å²) in [6, 6.07) is 11.2. The third-order valence-electron chi connectivity index (χ3n) is 4.03. The maximum atomic E-state index is 13.2. The number of anilines is 1. The first-order valence-electron chi connectivity index (χ1n) is 7.36. The van der Waals surface area contributed by atoms with Gasteiger partial charge in [0, 0.05) is 6.04 Å². The van der Waals surface area contributed by atoms with Gasteiger partial charge in [-0.3, -0.25) is 4.31 Å². The van der Waals surface area contributed by atoms with E-state index in [4.69, 9.17) is 11.6 Å². The van der Waals surface area contributed by atoms with Gasteiger partial charge in [-0.25, -0.2) is 13.2 Å². The molecule has 0 saturated heterocycles. The van der Waals surface area contributed by atoms with Crippen LogP contribution in [0.3, 0.4) is 0 Å². The number of fused-ring (bicyclic) bond motifs is 1. The first-order chi connectivity index (χ1) is 11.4. The summed E-state index contributed by atoms with van der Waals surface area (Å²) in [6.07, 6.45) is 0.629. The lowest BCUT2D eigenvalue weighted by molar-refractivity contribution is 0.0600. The Morgan fingerprint density at radius 3 is 2.67 bits per heavy atom. The molecular formula is C17H16ClNO4S. The lowest BCUT2D eigenvalue weighted by Gasteiger charge is -2.25. The summed E-state index contributed by atoms with van der Waals surface area (Å²) >= 11 is 6.12. The van der Waals surface area contributed by atoms with Gasteiger partial charge in [-0.1, -0.05) is 29.8 Å². The molecule has 0 aliphatic carbocycles. The van der Waals surface area contributed by atoms with Crippen LogP contribution in [0.15, 0.2) is 47.4 Å². The maximum Gasteiger partial charge on any atom is 0.337 e. The Morgan fingerprint density at radius 1 is 1.25 bits per heavy atom. The molecule has 0 saturated carbocycles. The number of sulfonamides is 1. The van der Waals surface area contributed by atoms with E-state index in [1.54, 1.807) is 12.1 Å². The minimum Gasteiger partial charge on any atom is -0.465 e. The van der Waals surface area contributed by atoms with Crippen LogP contribution in [0.1, 0.15) is 22.8 Å². The van der Waals surface area contributed by atoms with E-state index >= 15 is 0 Å². The number of esters is 1. The standard InChI is InChI=1S/C17H16ClNO4S/c1-11-9-12-5-3-4-6-15(12)19(11)24(21,22)16-10-13(17(20)23-2)7-8-14(16)18/h3-8,10-11H,9H2,1-2H3/t11-/m0/s1. The van der Waals surface area contributed by atoms with Gasteiger partial charge in [0.2, 0.25) is 0 Å². The van der Waals surface area contributed by atoms with Crippen molar-refractivity contribution >= 4 is 33.3 Å². The van der Waals surface area contributed by atoms with Gasteiger partial charge in [-0.05, 0) is 43.2 Å². The molecule has 7 heteroatoms. The second-order valence-corrected chi connectivity index (χ2v) is 7.81. The predicted molar refractivity (Wildman–Crippen MR) is 92.1 cm³/mol. The molecule has 0 spiro atoms. The molecule has 126 valence electrons. The van der Waals surface area contributed by atoms with Crippen LogP contribution in [0.25, 0.3) is 0 Å². The minimum atomic E-state index is -3.90. The summed E-state index contributed by atoms with van der Waals surface area (Å²) in [5.41, 5.74) is 1.75. The Morgan fingerprint density at radius 2 is 1.96 bits per heavy atom. The van der Waals surface area contributed by atoms with Crippen LogP contribution < -0.4 is 4.31 Å². The smallest absolute Gasteiger partial charge is 0.337 e. The number of halogens is 1. The second-order valence-electron chi connectivity index (χ2n) is 5.62. The molecule has 0 N–H and O–H groups in total. The molecule has 1 aliphatic rings. The van der Waals surface area contributed by atoms with Gasteiger partial charge in [0.1, 0.15) is 4.90 Å². The Labute approximate surface area is 145 Å². The SMILES string of the molecule is COC(=O)c1ccc(Cl)c(S(=O)(=O)N2c3ccccc3C[C@@H]2C)c1. The van der Waals surface area contributed by atoms with E-state index in [-0.39, 0.29) is 21.5 Å². The lowest BCUT2D eigenvalue weighted by Crippen LogP contribution is -2.36. The number of benzene rings is 2. The highest BCUT2D eigenvalue weighted by molar-refractivity contribution is 7.93. The van der Waals surface area contributed by atoms with Crippen molar-refractivity contribution in [1.29, 1.82) is 0 Å². The van der Waals surface area contributed by atoms with Crippen molar-refractivity contribution in [2.24, 2.45) is 0 Å². The van der Waals surface area contributed by atoms with E-state index in [2.05, 4.69) is 4.74 Å². The van der Waals surface area contributed by atoms with Crippen molar-refractivity contribution < 1.29 is 17.9 Å². The molecule has 0 amide bonds. The zero-order chi connectivity index (χ0) is 17.5. The van der Waals surface area contributed by atoms with E-state index in [1.165, 1.54) is 29.6 Å². The van der Waals surface area contributed by atoms with Crippen molar-refractivity contribution in [2.75, 3.05) is 11.4 Å². The molecule has 0 fully saturated rings. The van der Waals surface area contributed by atoms with Crippen molar-refractivity contribution in [2.45, 2.75) is 24.3 Å². The average molecular weight is 366 g/mol. The molecule has 0 unspecified atom stereocenters. The van der Waals surface area contributed by atoms with Gasteiger partial charge in [-0.15, -0.1) is 0 Å². The molecular weight excluding hydrogens is 350 g/mol. The highest BCUT2D eigenvalue weighted by atomic mass is 35.5. The maximum absolute atomic E-state index is 13.2. The molecule has 0 aromatic heterocycles. The normalized spacial score (nSPS) is 16.8. The lowest BCUT2D eigenvalue weighted by atomic mass is 10.1. The molecule has 0 radical (unpaired) electrons. The van der Waals surface area contributed by atoms with Crippen LogP contribution >= 0.6 is 11.6 Å². The Bertz CT molecular complexity index is 911. The van der Waals surface area contributed by atoms with Crippen LogP contribution in [0.5, 0.6) is 0 Å². The van der Waals surface area contributed by atoms with Gasteiger partial charge in [0.25, 0.3) is 10.0 Å². The highest BCUT2D eigenvalue weighted by Crippen LogP contribution is 2.38. The quantitative estimate of drug-likeness (QED) is 0.783. The fourth-order valence-corrected chi connectivity index (χ4v) is 5.15. The first kappa shape index (κ1) is 16.8. The number of carbonyl (C=O) groups excluding carboxylic acids is 1. The molecule has 1 atom stereocenters. The van der Waals surface area contributed by atoms with Crippen LogP contribution in [-0.2, 0) is 21.2 Å².